The Morgan fingerprint density at radius 1 is 1.31 bits per heavy atom. The molecule has 0 saturated heterocycles. The fraction of sp³-hybridized carbons (Fsp3) is 0.125. The number of anilines is 2. The van der Waals surface area contributed by atoms with Gasteiger partial charge in [-0.25, -0.2) is 0 Å². The smallest absolute Gasteiger partial charge is 0.153 e. The molecule has 5 nitrogen and oxygen atoms in total. The summed E-state index contributed by atoms with van der Waals surface area (Å²) in [5.74, 6) is 0.715. The van der Waals surface area contributed by atoms with Crippen LogP contribution in [-0.4, -0.2) is 20.4 Å². The van der Waals surface area contributed by atoms with Gasteiger partial charge in [0.05, 0.1) is 17.6 Å². The maximum absolute atomic E-state index is 3.95. The molecule has 0 aliphatic rings. The van der Waals surface area contributed by atoms with E-state index in [1.807, 2.05) is 19.1 Å². The van der Waals surface area contributed by atoms with Crippen molar-refractivity contribution >= 4 is 11.5 Å². The van der Waals surface area contributed by atoms with Crippen molar-refractivity contribution in [3.63, 3.8) is 0 Å². The summed E-state index contributed by atoms with van der Waals surface area (Å²) in [4.78, 5) is 0. The predicted molar refractivity (Wildman–Crippen MR) is 48.6 cm³/mol. The van der Waals surface area contributed by atoms with Crippen molar-refractivity contribution in [2.45, 2.75) is 6.92 Å². The summed E-state index contributed by atoms with van der Waals surface area (Å²) in [7, 11) is 0. The molecule has 0 bridgehead atoms. The molecule has 0 aliphatic heterocycles. The summed E-state index contributed by atoms with van der Waals surface area (Å²) in [6.07, 6.45) is 3.43. The lowest BCUT2D eigenvalue weighted by atomic mass is 10.4. The first-order valence-corrected chi connectivity index (χ1v) is 3.91. The molecule has 5 heteroatoms. The Bertz CT molecular complexity index is 364. The Balaban J connectivity index is 2.15. The number of hydrogen-bond acceptors (Lipinski definition) is 4. The van der Waals surface area contributed by atoms with E-state index in [1.165, 1.54) is 0 Å². The maximum Gasteiger partial charge on any atom is 0.153 e. The lowest BCUT2D eigenvalue weighted by molar-refractivity contribution is 0.986. The molecular weight excluding hydrogens is 166 g/mol. The molecule has 0 unspecified atom stereocenters. The minimum Gasteiger partial charge on any atom is -0.336 e. The van der Waals surface area contributed by atoms with Crippen LogP contribution in [0.3, 0.4) is 0 Å². The van der Waals surface area contributed by atoms with Gasteiger partial charge in [0.25, 0.3) is 0 Å². The van der Waals surface area contributed by atoms with Gasteiger partial charge in [0, 0.05) is 6.20 Å². The second kappa shape index (κ2) is 3.22. The number of rotatable bonds is 2. The molecule has 0 aliphatic carbocycles. The second-order valence-corrected chi connectivity index (χ2v) is 2.67. The highest BCUT2D eigenvalue weighted by Gasteiger charge is 1.96. The third kappa shape index (κ3) is 1.81. The number of aromatic amines is 1. The standard InChI is InChI=1S/C8H9N5/c1-6-2-3-8(13-12-6)11-7-4-9-10-5-7/h2-5H,1H3,(H,9,10)(H,11,13). The van der Waals surface area contributed by atoms with E-state index in [2.05, 4.69) is 25.7 Å². The summed E-state index contributed by atoms with van der Waals surface area (Å²) in [6.45, 7) is 1.90. The zero-order valence-electron chi connectivity index (χ0n) is 7.15. The van der Waals surface area contributed by atoms with Crippen molar-refractivity contribution in [3.8, 4) is 0 Å². The Morgan fingerprint density at radius 3 is 2.85 bits per heavy atom. The van der Waals surface area contributed by atoms with E-state index >= 15 is 0 Å². The third-order valence-electron chi connectivity index (χ3n) is 1.57. The summed E-state index contributed by atoms with van der Waals surface area (Å²) in [5.41, 5.74) is 1.77. The van der Waals surface area contributed by atoms with E-state index in [0.717, 1.165) is 11.4 Å². The highest BCUT2D eigenvalue weighted by Crippen LogP contribution is 2.10. The lowest BCUT2D eigenvalue weighted by Gasteiger charge is -1.99. The molecule has 2 rings (SSSR count). The molecule has 2 heterocycles. The van der Waals surface area contributed by atoms with Crippen LogP contribution in [0.1, 0.15) is 5.69 Å². The zero-order chi connectivity index (χ0) is 9.10. The van der Waals surface area contributed by atoms with Gasteiger partial charge in [0.15, 0.2) is 5.82 Å². The highest BCUT2D eigenvalue weighted by atomic mass is 15.2. The van der Waals surface area contributed by atoms with E-state index in [0.29, 0.717) is 5.82 Å². The number of aryl methyl sites for hydroxylation is 1. The van der Waals surface area contributed by atoms with Crippen LogP contribution in [-0.2, 0) is 0 Å². The van der Waals surface area contributed by atoms with Crippen LogP contribution in [0.2, 0.25) is 0 Å². The van der Waals surface area contributed by atoms with Crippen molar-refractivity contribution in [1.82, 2.24) is 20.4 Å². The molecule has 2 N–H and O–H groups in total. The molecule has 0 spiro atoms. The van der Waals surface area contributed by atoms with Gasteiger partial charge in [-0.1, -0.05) is 0 Å². The van der Waals surface area contributed by atoms with Gasteiger partial charge in [0.2, 0.25) is 0 Å². The van der Waals surface area contributed by atoms with E-state index in [-0.39, 0.29) is 0 Å². The van der Waals surface area contributed by atoms with Crippen LogP contribution in [0, 0.1) is 6.92 Å². The van der Waals surface area contributed by atoms with Crippen molar-refractivity contribution in [2.75, 3.05) is 5.32 Å². The van der Waals surface area contributed by atoms with E-state index < -0.39 is 0 Å². The SMILES string of the molecule is Cc1ccc(Nc2cn[nH]c2)nn1. The van der Waals surface area contributed by atoms with Gasteiger partial charge in [-0.15, -0.1) is 5.10 Å². The van der Waals surface area contributed by atoms with Crippen LogP contribution in [0.4, 0.5) is 11.5 Å². The molecule has 0 aromatic carbocycles. The molecule has 66 valence electrons. The second-order valence-electron chi connectivity index (χ2n) is 2.67. The largest absolute Gasteiger partial charge is 0.336 e. The van der Waals surface area contributed by atoms with Crippen LogP contribution < -0.4 is 5.32 Å². The van der Waals surface area contributed by atoms with Crippen molar-refractivity contribution in [2.24, 2.45) is 0 Å². The van der Waals surface area contributed by atoms with E-state index in [4.69, 9.17) is 0 Å². The molecule has 13 heavy (non-hydrogen) atoms. The number of aromatic nitrogens is 4. The zero-order valence-corrected chi connectivity index (χ0v) is 7.15. The van der Waals surface area contributed by atoms with Gasteiger partial charge in [-0.2, -0.15) is 10.2 Å². The predicted octanol–water partition coefficient (Wildman–Crippen LogP) is 1.25. The van der Waals surface area contributed by atoms with E-state index in [1.54, 1.807) is 12.4 Å². The summed E-state index contributed by atoms with van der Waals surface area (Å²) < 4.78 is 0. The van der Waals surface area contributed by atoms with E-state index in [9.17, 15) is 0 Å². The third-order valence-corrected chi connectivity index (χ3v) is 1.57. The van der Waals surface area contributed by atoms with Crippen molar-refractivity contribution in [1.29, 1.82) is 0 Å². The average Bonchev–Trinajstić information content (AvgIpc) is 2.62. The number of hydrogen-bond donors (Lipinski definition) is 2. The van der Waals surface area contributed by atoms with Gasteiger partial charge in [0.1, 0.15) is 0 Å². The molecule has 2 aromatic heterocycles. The number of nitrogens with one attached hydrogen (secondary N) is 2. The fourth-order valence-electron chi connectivity index (χ4n) is 0.933. The van der Waals surface area contributed by atoms with Crippen LogP contribution >= 0.6 is 0 Å². The van der Waals surface area contributed by atoms with Crippen LogP contribution in [0.5, 0.6) is 0 Å². The van der Waals surface area contributed by atoms with Gasteiger partial charge < -0.3 is 5.32 Å². The Morgan fingerprint density at radius 2 is 2.23 bits per heavy atom. The molecule has 0 saturated carbocycles. The number of H-pyrrole nitrogens is 1. The Hall–Kier alpha value is -1.91. The average molecular weight is 175 g/mol. The first-order valence-electron chi connectivity index (χ1n) is 3.91. The van der Waals surface area contributed by atoms with Crippen LogP contribution in [0.25, 0.3) is 0 Å². The molecule has 0 radical (unpaired) electrons. The first kappa shape index (κ1) is 7.72. The minimum atomic E-state index is 0.715. The highest BCUT2D eigenvalue weighted by molar-refractivity contribution is 5.52. The summed E-state index contributed by atoms with van der Waals surface area (Å²) in [6, 6.07) is 3.77. The van der Waals surface area contributed by atoms with Crippen molar-refractivity contribution in [3.05, 3.63) is 30.2 Å². The minimum absolute atomic E-state index is 0.715. The first-order chi connectivity index (χ1) is 6.34. The van der Waals surface area contributed by atoms with Gasteiger partial charge in [-0.3, -0.25) is 5.10 Å². The Kier molecular flexibility index (Phi) is 1.91. The quantitative estimate of drug-likeness (QED) is 0.720. The lowest BCUT2D eigenvalue weighted by Crippen LogP contribution is -1.94. The maximum atomic E-state index is 3.95. The monoisotopic (exact) mass is 175 g/mol. The molecule has 0 fully saturated rings. The van der Waals surface area contributed by atoms with Gasteiger partial charge >= 0.3 is 0 Å². The number of nitrogens with zero attached hydrogens (tertiary/aromatic N) is 3. The molecular formula is C8H9N5. The van der Waals surface area contributed by atoms with Gasteiger partial charge in [-0.05, 0) is 19.1 Å². The molecule has 0 amide bonds. The molecule has 2 aromatic rings. The normalized spacial score (nSPS) is 9.92. The Labute approximate surface area is 75.2 Å². The topological polar surface area (TPSA) is 66.5 Å². The summed E-state index contributed by atoms with van der Waals surface area (Å²) in [5, 5.41) is 17.4. The summed E-state index contributed by atoms with van der Waals surface area (Å²) >= 11 is 0. The fourth-order valence-corrected chi connectivity index (χ4v) is 0.933. The molecule has 0 atom stereocenters. The van der Waals surface area contributed by atoms with Crippen molar-refractivity contribution < 1.29 is 0 Å². The van der Waals surface area contributed by atoms with Crippen LogP contribution in [0.15, 0.2) is 24.5 Å².